The zero-order chi connectivity index (χ0) is 56.3. The Labute approximate surface area is 485 Å². The van der Waals surface area contributed by atoms with Gasteiger partial charge < -0.3 is 14.7 Å². The lowest BCUT2D eigenvalue weighted by Crippen LogP contribution is -2.60. The highest BCUT2D eigenvalue weighted by molar-refractivity contribution is 7.33. The van der Waals surface area contributed by atoms with Crippen molar-refractivity contribution in [2.45, 2.75) is 105 Å². The smallest absolute Gasteiger partial charge is 0.264 e. The summed E-state index contributed by atoms with van der Waals surface area (Å²) in [5.41, 5.74) is 22.9. The van der Waals surface area contributed by atoms with Gasteiger partial charge in [-0.2, -0.15) is 0 Å². The highest BCUT2D eigenvalue weighted by Crippen LogP contribution is 2.53. The van der Waals surface area contributed by atoms with E-state index in [9.17, 15) is 0 Å². The van der Waals surface area contributed by atoms with Crippen LogP contribution < -0.4 is 30.4 Å². The number of hydrogen-bond donors (Lipinski definition) is 0. The van der Waals surface area contributed by atoms with E-state index >= 15 is 0 Å². The largest absolute Gasteiger partial charge is 0.311 e. The third-order valence-electron chi connectivity index (χ3n) is 17.0. The molecule has 0 saturated heterocycles. The van der Waals surface area contributed by atoms with E-state index in [2.05, 4.69) is 316 Å². The van der Waals surface area contributed by atoms with Gasteiger partial charge in [0.25, 0.3) is 6.71 Å². The van der Waals surface area contributed by atoms with Crippen LogP contribution in [-0.4, -0.2) is 6.71 Å². The Morgan fingerprint density at radius 3 is 1.46 bits per heavy atom. The molecule has 0 bridgehead atoms. The monoisotopic (exact) mass is 1070 g/mol. The molecule has 0 amide bonds. The van der Waals surface area contributed by atoms with Crippen molar-refractivity contribution in [3.63, 3.8) is 0 Å². The van der Waals surface area contributed by atoms with Crippen molar-refractivity contribution in [1.29, 1.82) is 0 Å². The predicted molar refractivity (Wildman–Crippen MR) is 354 cm³/mol. The first-order valence-electron chi connectivity index (χ1n) is 28.9. The van der Waals surface area contributed by atoms with E-state index in [1.54, 1.807) is 0 Å². The highest BCUT2D eigenvalue weighted by atomic mass is 32.1. The molecular weight excluding hydrogens is 998 g/mol. The van der Waals surface area contributed by atoms with Crippen LogP contribution in [0.25, 0.3) is 43.1 Å². The molecule has 3 nitrogen and oxygen atoms in total. The van der Waals surface area contributed by atoms with Crippen LogP contribution in [-0.2, 0) is 21.7 Å². The predicted octanol–water partition coefficient (Wildman–Crippen LogP) is 20.1. The minimum absolute atomic E-state index is 0.00157. The summed E-state index contributed by atoms with van der Waals surface area (Å²) in [6.45, 7) is 27.7. The number of benzene rings is 10. The van der Waals surface area contributed by atoms with E-state index in [-0.39, 0.29) is 28.4 Å². The van der Waals surface area contributed by atoms with Gasteiger partial charge in [0.2, 0.25) is 0 Å². The average Bonchev–Trinajstić information content (AvgIpc) is 2.96. The fourth-order valence-corrected chi connectivity index (χ4v) is 13.7. The van der Waals surface area contributed by atoms with Crippen LogP contribution >= 0.6 is 11.3 Å². The van der Waals surface area contributed by atoms with Crippen LogP contribution in [0, 0.1) is 0 Å². The molecule has 81 heavy (non-hydrogen) atoms. The Morgan fingerprint density at radius 1 is 0.383 bits per heavy atom. The maximum absolute atomic E-state index is 2.63. The third-order valence-corrected chi connectivity index (χ3v) is 18.3. The Morgan fingerprint density at radius 2 is 0.877 bits per heavy atom. The van der Waals surface area contributed by atoms with E-state index in [4.69, 9.17) is 0 Å². The van der Waals surface area contributed by atoms with E-state index in [1.165, 1.54) is 104 Å². The fraction of sp³-hybridized carbons (Fsp3) is 0.211. The normalized spacial score (nSPS) is 13.4. The summed E-state index contributed by atoms with van der Waals surface area (Å²) in [7, 11) is 0. The summed E-state index contributed by atoms with van der Waals surface area (Å²) in [6, 6.07) is 83.5. The number of thiophene rings is 1. The Bertz CT molecular complexity index is 4190. The minimum atomic E-state index is -0.104. The first-order valence-corrected chi connectivity index (χ1v) is 29.8. The molecule has 1 aromatic heterocycles. The zero-order valence-electron chi connectivity index (χ0n) is 49.1. The molecule has 0 spiro atoms. The van der Waals surface area contributed by atoms with Gasteiger partial charge in [0.15, 0.2) is 0 Å². The van der Waals surface area contributed by atoms with Crippen molar-refractivity contribution < 1.29 is 0 Å². The molecule has 0 fully saturated rings. The maximum Gasteiger partial charge on any atom is 0.264 e. The van der Waals surface area contributed by atoms with Crippen LogP contribution in [0.2, 0.25) is 0 Å². The molecule has 0 aliphatic carbocycles. The molecule has 13 rings (SSSR count). The Balaban J connectivity index is 1.18. The Kier molecular flexibility index (Phi) is 12.4. The van der Waals surface area contributed by atoms with E-state index in [1.807, 2.05) is 11.3 Å². The van der Waals surface area contributed by atoms with Crippen molar-refractivity contribution in [3.8, 4) is 22.3 Å². The molecule has 0 unspecified atom stereocenters. The first-order chi connectivity index (χ1) is 38.7. The topological polar surface area (TPSA) is 9.72 Å². The molecule has 10 aromatic carbocycles. The van der Waals surface area contributed by atoms with Gasteiger partial charge >= 0.3 is 0 Å². The van der Waals surface area contributed by atoms with Gasteiger partial charge in [-0.05, 0) is 161 Å². The minimum Gasteiger partial charge on any atom is -0.311 e. The SMILES string of the molecule is CC(C)(C)c1ccc(N(c2ccc3ccccc3c2)c2cc3c(cc2-c2ccccc2)B2c4sc5ccc(C(C)(C)C)cc5c4N(c4ccc(C(C)(C)C)cc4)c4cc(-c5ccccc5)cc(c42)N3c2ccc(C(C)(C)C)cc2)cc1. The second-order valence-corrected chi connectivity index (χ2v) is 27.8. The first kappa shape index (κ1) is 52.3. The second-order valence-electron chi connectivity index (χ2n) is 26.7. The van der Waals surface area contributed by atoms with Crippen LogP contribution in [0.15, 0.2) is 218 Å². The van der Waals surface area contributed by atoms with Gasteiger partial charge in [0, 0.05) is 60.2 Å². The summed E-state index contributed by atoms with van der Waals surface area (Å²) in [5.74, 6) is 0. The molecule has 400 valence electrons. The molecule has 5 heteroatoms. The quantitative estimate of drug-likeness (QED) is 0.147. The van der Waals surface area contributed by atoms with Crippen LogP contribution in [0.3, 0.4) is 0 Å². The van der Waals surface area contributed by atoms with Gasteiger partial charge in [-0.3, -0.25) is 0 Å². The molecule has 0 N–H and O–H groups in total. The highest BCUT2D eigenvalue weighted by Gasteiger charge is 2.46. The summed E-state index contributed by atoms with van der Waals surface area (Å²) in [4.78, 5) is 7.77. The van der Waals surface area contributed by atoms with E-state index in [0.29, 0.717) is 0 Å². The maximum atomic E-state index is 2.63. The van der Waals surface area contributed by atoms with Crippen molar-refractivity contribution in [1.82, 2.24) is 0 Å². The number of anilines is 9. The van der Waals surface area contributed by atoms with Crippen molar-refractivity contribution >= 4 is 106 Å². The molecule has 3 heterocycles. The average molecular weight is 1070 g/mol. The summed E-state index contributed by atoms with van der Waals surface area (Å²) < 4.78 is 2.65. The molecule has 0 radical (unpaired) electrons. The standard InChI is InChI=1S/C76H72BN3S/c1-73(2,3)54-28-36-58(37-29-54)78(61-35-27-50-23-19-20-26-52(50)43-61)65-48-66-64(47-62(65)51-24-17-14-18-25-51)77-70-67(79(66)59-38-30-55(31-39-59)74(4,5)6)44-53(49-21-15-13-16-22-49)45-68(70)80(60-40-32-56(33-41-60)75(7,8)9)71-63-46-57(76(10,11)12)34-42-69(63)81-72(71)77/h13-48H,1-12H3. The van der Waals surface area contributed by atoms with Gasteiger partial charge in [0.1, 0.15) is 0 Å². The number of nitrogens with zero attached hydrogens (tertiary/aromatic N) is 3. The number of fused-ring (bicyclic) bond motifs is 7. The number of rotatable bonds is 7. The van der Waals surface area contributed by atoms with Gasteiger partial charge in [-0.15, -0.1) is 11.3 Å². The summed E-state index contributed by atoms with van der Waals surface area (Å²) in [6.07, 6.45) is 0. The number of hydrogen-bond acceptors (Lipinski definition) is 4. The fourth-order valence-electron chi connectivity index (χ4n) is 12.4. The van der Waals surface area contributed by atoms with Crippen molar-refractivity contribution in [2.24, 2.45) is 0 Å². The second kappa shape index (κ2) is 19.3. The summed E-state index contributed by atoms with van der Waals surface area (Å²) >= 11 is 1.97. The lowest BCUT2D eigenvalue weighted by atomic mass is 9.36. The van der Waals surface area contributed by atoms with E-state index < -0.39 is 0 Å². The lowest BCUT2D eigenvalue weighted by molar-refractivity contribution is 0.590. The molecule has 2 aliphatic rings. The molecule has 0 atom stereocenters. The van der Waals surface area contributed by atoms with Crippen LogP contribution in [0.4, 0.5) is 51.2 Å². The summed E-state index contributed by atoms with van der Waals surface area (Å²) in [5, 5.41) is 3.71. The van der Waals surface area contributed by atoms with Gasteiger partial charge in [-0.25, -0.2) is 0 Å². The lowest BCUT2D eigenvalue weighted by Gasteiger charge is -2.44. The molecule has 11 aromatic rings. The van der Waals surface area contributed by atoms with Gasteiger partial charge in [0.05, 0.1) is 11.4 Å². The molecule has 0 saturated carbocycles. The van der Waals surface area contributed by atoms with Gasteiger partial charge in [-0.1, -0.05) is 223 Å². The molecule has 2 aliphatic heterocycles. The van der Waals surface area contributed by atoms with Crippen molar-refractivity contribution in [2.75, 3.05) is 14.7 Å². The van der Waals surface area contributed by atoms with Crippen molar-refractivity contribution in [3.05, 3.63) is 241 Å². The van der Waals surface area contributed by atoms with Crippen LogP contribution in [0.1, 0.15) is 105 Å². The van der Waals surface area contributed by atoms with Crippen LogP contribution in [0.5, 0.6) is 0 Å². The third kappa shape index (κ3) is 9.24. The Hall–Kier alpha value is -8.12. The molecular formula is C76H72BN3S. The van der Waals surface area contributed by atoms with E-state index in [0.717, 1.165) is 28.4 Å². The zero-order valence-corrected chi connectivity index (χ0v) is 49.9.